The van der Waals surface area contributed by atoms with Crippen molar-refractivity contribution in [1.29, 1.82) is 0 Å². The number of hydrogen-bond donors (Lipinski definition) is 1. The van der Waals surface area contributed by atoms with Gasteiger partial charge in [-0.15, -0.1) is 0 Å². The monoisotopic (exact) mass is 337 g/mol. The van der Waals surface area contributed by atoms with Crippen LogP contribution in [0.15, 0.2) is 36.4 Å². The minimum Gasteiger partial charge on any atom is -0.481 e. The highest BCUT2D eigenvalue weighted by molar-refractivity contribution is 6.35. The highest BCUT2D eigenvalue weighted by atomic mass is 35.5. The normalized spacial score (nSPS) is 11.9. The SMILES string of the molecule is Cc1cccc(OC(C)C(=O)Nc2cc(Cl)cc(Cl)c2)c1C. The zero-order chi connectivity index (χ0) is 16.3. The molecule has 1 amide bonds. The number of hydrogen-bond acceptors (Lipinski definition) is 2. The quantitative estimate of drug-likeness (QED) is 0.850. The van der Waals surface area contributed by atoms with E-state index in [2.05, 4.69) is 5.32 Å². The number of rotatable bonds is 4. The van der Waals surface area contributed by atoms with Gasteiger partial charge in [-0.25, -0.2) is 0 Å². The van der Waals surface area contributed by atoms with Crippen LogP contribution in [0.5, 0.6) is 5.75 Å². The predicted molar refractivity (Wildman–Crippen MR) is 91.1 cm³/mol. The van der Waals surface area contributed by atoms with Crippen molar-refractivity contribution < 1.29 is 9.53 Å². The summed E-state index contributed by atoms with van der Waals surface area (Å²) in [6, 6.07) is 10.6. The van der Waals surface area contributed by atoms with Gasteiger partial charge in [-0.05, 0) is 56.2 Å². The van der Waals surface area contributed by atoms with Gasteiger partial charge < -0.3 is 10.1 Å². The zero-order valence-corrected chi connectivity index (χ0v) is 14.1. The minimum absolute atomic E-state index is 0.265. The fourth-order valence-electron chi connectivity index (χ4n) is 1.97. The van der Waals surface area contributed by atoms with Crippen LogP contribution < -0.4 is 10.1 Å². The number of anilines is 1. The number of halogens is 2. The van der Waals surface area contributed by atoms with Crippen molar-refractivity contribution in [1.82, 2.24) is 0 Å². The van der Waals surface area contributed by atoms with Crippen LogP contribution in [0.4, 0.5) is 5.69 Å². The van der Waals surface area contributed by atoms with Gasteiger partial charge in [-0.1, -0.05) is 35.3 Å². The summed E-state index contributed by atoms with van der Waals surface area (Å²) in [4.78, 5) is 12.2. The van der Waals surface area contributed by atoms with E-state index in [4.69, 9.17) is 27.9 Å². The first-order valence-corrected chi connectivity index (χ1v) is 7.62. The molecule has 5 heteroatoms. The second-order valence-corrected chi connectivity index (χ2v) is 5.98. The Morgan fingerprint density at radius 2 is 1.77 bits per heavy atom. The lowest BCUT2D eigenvalue weighted by Gasteiger charge is -2.17. The Morgan fingerprint density at radius 3 is 2.41 bits per heavy atom. The van der Waals surface area contributed by atoms with Crippen LogP contribution in [-0.4, -0.2) is 12.0 Å². The zero-order valence-electron chi connectivity index (χ0n) is 12.6. The molecule has 0 aliphatic rings. The van der Waals surface area contributed by atoms with Crippen LogP contribution >= 0.6 is 23.2 Å². The molecule has 3 nitrogen and oxygen atoms in total. The van der Waals surface area contributed by atoms with E-state index in [9.17, 15) is 4.79 Å². The fourth-order valence-corrected chi connectivity index (χ4v) is 2.49. The van der Waals surface area contributed by atoms with Crippen LogP contribution in [0.2, 0.25) is 10.0 Å². The van der Waals surface area contributed by atoms with Gasteiger partial charge in [-0.3, -0.25) is 4.79 Å². The van der Waals surface area contributed by atoms with Gasteiger partial charge >= 0.3 is 0 Å². The van der Waals surface area contributed by atoms with E-state index in [0.717, 1.165) is 11.1 Å². The molecule has 2 aromatic rings. The molecule has 0 spiro atoms. The molecule has 1 unspecified atom stereocenters. The minimum atomic E-state index is -0.641. The first-order chi connectivity index (χ1) is 10.4. The van der Waals surface area contributed by atoms with Crippen molar-refractivity contribution in [2.45, 2.75) is 26.9 Å². The van der Waals surface area contributed by atoms with Gasteiger partial charge in [0.1, 0.15) is 5.75 Å². The molecule has 1 atom stereocenters. The number of carbonyl (C=O) groups excluding carboxylic acids is 1. The number of amides is 1. The van der Waals surface area contributed by atoms with E-state index in [-0.39, 0.29) is 5.91 Å². The maximum atomic E-state index is 12.2. The molecule has 2 aromatic carbocycles. The van der Waals surface area contributed by atoms with Crippen LogP contribution in [0, 0.1) is 13.8 Å². The van der Waals surface area contributed by atoms with Gasteiger partial charge in [0.05, 0.1) is 0 Å². The largest absolute Gasteiger partial charge is 0.481 e. The van der Waals surface area contributed by atoms with Crippen molar-refractivity contribution in [2.24, 2.45) is 0 Å². The standard InChI is InChI=1S/C17H17Cl2NO2/c1-10-5-4-6-16(11(10)2)22-12(3)17(21)20-15-8-13(18)7-14(19)9-15/h4-9,12H,1-3H3,(H,20,21). The maximum absolute atomic E-state index is 12.2. The molecule has 0 saturated carbocycles. The lowest BCUT2D eigenvalue weighted by Crippen LogP contribution is -2.30. The summed E-state index contributed by atoms with van der Waals surface area (Å²) in [6.45, 7) is 5.66. The van der Waals surface area contributed by atoms with Crippen molar-refractivity contribution in [3.8, 4) is 5.75 Å². The molecule has 22 heavy (non-hydrogen) atoms. The van der Waals surface area contributed by atoms with Crippen LogP contribution in [-0.2, 0) is 4.79 Å². The van der Waals surface area contributed by atoms with E-state index in [1.54, 1.807) is 25.1 Å². The Bertz CT molecular complexity index is 681. The van der Waals surface area contributed by atoms with Gasteiger partial charge in [-0.2, -0.15) is 0 Å². The van der Waals surface area contributed by atoms with Crippen LogP contribution in [0.3, 0.4) is 0 Å². The number of ether oxygens (including phenoxy) is 1. The van der Waals surface area contributed by atoms with E-state index in [1.807, 2.05) is 32.0 Å². The molecule has 0 fully saturated rings. The smallest absolute Gasteiger partial charge is 0.265 e. The molecule has 0 bridgehead atoms. The lowest BCUT2D eigenvalue weighted by molar-refractivity contribution is -0.122. The van der Waals surface area contributed by atoms with E-state index in [0.29, 0.717) is 21.5 Å². The summed E-state index contributed by atoms with van der Waals surface area (Å²) < 4.78 is 5.74. The van der Waals surface area contributed by atoms with E-state index < -0.39 is 6.10 Å². The number of benzene rings is 2. The Balaban J connectivity index is 2.07. The topological polar surface area (TPSA) is 38.3 Å². The third kappa shape index (κ3) is 4.15. The molecular weight excluding hydrogens is 321 g/mol. The molecule has 0 aliphatic heterocycles. The Morgan fingerprint density at radius 1 is 1.14 bits per heavy atom. The molecule has 0 heterocycles. The third-order valence-electron chi connectivity index (χ3n) is 3.36. The molecule has 0 saturated heterocycles. The lowest BCUT2D eigenvalue weighted by atomic mass is 10.1. The molecule has 2 rings (SSSR count). The summed E-state index contributed by atoms with van der Waals surface area (Å²) in [5, 5.41) is 3.67. The average molecular weight is 338 g/mol. The Kier molecular flexibility index (Phi) is 5.33. The summed E-state index contributed by atoms with van der Waals surface area (Å²) in [7, 11) is 0. The summed E-state index contributed by atoms with van der Waals surface area (Å²) in [5.41, 5.74) is 2.68. The highest BCUT2D eigenvalue weighted by Gasteiger charge is 2.16. The number of carbonyl (C=O) groups is 1. The van der Waals surface area contributed by atoms with Crippen molar-refractivity contribution in [3.63, 3.8) is 0 Å². The van der Waals surface area contributed by atoms with E-state index >= 15 is 0 Å². The number of nitrogens with one attached hydrogen (secondary N) is 1. The molecular formula is C17H17Cl2NO2. The molecule has 0 aromatic heterocycles. The highest BCUT2D eigenvalue weighted by Crippen LogP contribution is 2.24. The molecule has 116 valence electrons. The van der Waals surface area contributed by atoms with Gasteiger partial charge in [0.2, 0.25) is 0 Å². The van der Waals surface area contributed by atoms with E-state index in [1.165, 1.54) is 0 Å². The van der Waals surface area contributed by atoms with Gasteiger partial charge in [0, 0.05) is 15.7 Å². The molecule has 0 aliphatic carbocycles. The first kappa shape index (κ1) is 16.7. The second kappa shape index (κ2) is 7.03. The van der Waals surface area contributed by atoms with Crippen molar-refractivity contribution in [2.75, 3.05) is 5.32 Å². The van der Waals surface area contributed by atoms with Crippen molar-refractivity contribution >= 4 is 34.8 Å². The fraction of sp³-hybridized carbons (Fsp3) is 0.235. The van der Waals surface area contributed by atoms with Crippen LogP contribution in [0.1, 0.15) is 18.1 Å². The average Bonchev–Trinajstić information content (AvgIpc) is 2.42. The van der Waals surface area contributed by atoms with Gasteiger partial charge in [0.15, 0.2) is 6.10 Å². The predicted octanol–water partition coefficient (Wildman–Crippen LogP) is 5.02. The molecule has 1 N–H and O–H groups in total. The Hall–Kier alpha value is -1.71. The summed E-state index contributed by atoms with van der Waals surface area (Å²) >= 11 is 11.8. The summed E-state index contributed by atoms with van der Waals surface area (Å²) in [6.07, 6.45) is -0.641. The van der Waals surface area contributed by atoms with Crippen molar-refractivity contribution in [3.05, 3.63) is 57.6 Å². The Labute approximate surface area is 140 Å². The number of aryl methyl sites for hydroxylation is 1. The van der Waals surface area contributed by atoms with Gasteiger partial charge in [0.25, 0.3) is 5.91 Å². The maximum Gasteiger partial charge on any atom is 0.265 e. The molecule has 0 radical (unpaired) electrons. The second-order valence-electron chi connectivity index (χ2n) is 5.11. The first-order valence-electron chi connectivity index (χ1n) is 6.86. The van der Waals surface area contributed by atoms with Crippen LogP contribution in [0.25, 0.3) is 0 Å². The third-order valence-corrected chi connectivity index (χ3v) is 3.79. The summed E-state index contributed by atoms with van der Waals surface area (Å²) in [5.74, 6) is 0.436.